The SMILES string of the molecule is COc1cccc([C@@H]2C=CC[C@@H]2N(O)C(=O)OC(C)(C)C)c1. The van der Waals surface area contributed by atoms with Gasteiger partial charge in [0.15, 0.2) is 0 Å². The largest absolute Gasteiger partial charge is 0.497 e. The van der Waals surface area contributed by atoms with Crippen LogP contribution < -0.4 is 4.74 Å². The lowest BCUT2D eigenvalue weighted by atomic mass is 9.94. The Kier molecular flexibility index (Phi) is 4.76. The number of hydrogen-bond acceptors (Lipinski definition) is 4. The molecule has 120 valence electrons. The van der Waals surface area contributed by atoms with Gasteiger partial charge in [-0.1, -0.05) is 24.3 Å². The number of methoxy groups -OCH3 is 1. The van der Waals surface area contributed by atoms with Crippen LogP contribution in [0, 0.1) is 0 Å². The molecule has 0 heterocycles. The molecule has 5 nitrogen and oxygen atoms in total. The van der Waals surface area contributed by atoms with Crippen LogP contribution in [0.1, 0.15) is 38.7 Å². The monoisotopic (exact) mass is 305 g/mol. The minimum Gasteiger partial charge on any atom is -0.497 e. The fraction of sp³-hybridized carbons (Fsp3) is 0.471. The number of hydrogen-bond donors (Lipinski definition) is 1. The maximum atomic E-state index is 12.0. The number of ether oxygens (including phenoxy) is 2. The van der Waals surface area contributed by atoms with Crippen molar-refractivity contribution >= 4 is 6.09 Å². The van der Waals surface area contributed by atoms with Crippen LogP contribution in [0.4, 0.5) is 4.79 Å². The highest BCUT2D eigenvalue weighted by Crippen LogP contribution is 2.34. The molecule has 1 N–H and O–H groups in total. The van der Waals surface area contributed by atoms with E-state index in [9.17, 15) is 10.0 Å². The van der Waals surface area contributed by atoms with E-state index in [2.05, 4.69) is 0 Å². The number of amides is 1. The van der Waals surface area contributed by atoms with Crippen molar-refractivity contribution in [2.45, 2.75) is 44.8 Å². The van der Waals surface area contributed by atoms with Gasteiger partial charge in [-0.05, 0) is 44.9 Å². The second-order valence-electron chi connectivity index (χ2n) is 6.36. The van der Waals surface area contributed by atoms with Gasteiger partial charge in [-0.2, -0.15) is 5.06 Å². The van der Waals surface area contributed by atoms with Crippen LogP contribution in [0.15, 0.2) is 36.4 Å². The van der Waals surface area contributed by atoms with Crippen LogP contribution in [0.5, 0.6) is 5.75 Å². The topological polar surface area (TPSA) is 59.0 Å². The van der Waals surface area contributed by atoms with Crippen molar-refractivity contribution in [1.29, 1.82) is 0 Å². The van der Waals surface area contributed by atoms with Crippen LogP contribution in [0.2, 0.25) is 0 Å². The van der Waals surface area contributed by atoms with E-state index < -0.39 is 11.7 Å². The number of nitrogens with zero attached hydrogens (tertiary/aromatic N) is 1. The van der Waals surface area contributed by atoms with Gasteiger partial charge < -0.3 is 9.47 Å². The van der Waals surface area contributed by atoms with E-state index >= 15 is 0 Å². The molecule has 1 aromatic rings. The maximum absolute atomic E-state index is 12.0. The van der Waals surface area contributed by atoms with Gasteiger partial charge in [0.25, 0.3) is 0 Å². The second-order valence-corrected chi connectivity index (χ2v) is 6.36. The average Bonchev–Trinajstić information content (AvgIpc) is 2.94. The summed E-state index contributed by atoms with van der Waals surface area (Å²) in [6.07, 6.45) is 3.81. The molecule has 0 saturated carbocycles. The first-order chi connectivity index (χ1) is 10.3. The minimum absolute atomic E-state index is 0.0902. The van der Waals surface area contributed by atoms with Crippen molar-refractivity contribution in [1.82, 2.24) is 5.06 Å². The number of hydroxylamine groups is 2. The molecule has 0 spiro atoms. The predicted octanol–water partition coefficient (Wildman–Crippen LogP) is 3.73. The number of benzene rings is 1. The summed E-state index contributed by atoms with van der Waals surface area (Å²) in [6, 6.07) is 7.26. The Bertz CT molecular complexity index is 562. The molecule has 0 radical (unpaired) electrons. The zero-order valence-corrected chi connectivity index (χ0v) is 13.4. The molecule has 0 unspecified atom stereocenters. The highest BCUT2D eigenvalue weighted by molar-refractivity contribution is 5.67. The van der Waals surface area contributed by atoms with E-state index in [-0.39, 0.29) is 12.0 Å². The number of carbonyl (C=O) groups is 1. The van der Waals surface area contributed by atoms with Crippen LogP contribution >= 0.6 is 0 Å². The molecule has 2 rings (SSSR count). The van der Waals surface area contributed by atoms with Gasteiger partial charge in [0.1, 0.15) is 11.4 Å². The molecule has 0 fully saturated rings. The molecule has 1 aliphatic carbocycles. The smallest absolute Gasteiger partial charge is 0.434 e. The summed E-state index contributed by atoms with van der Waals surface area (Å²) in [6.45, 7) is 5.31. The Morgan fingerprint density at radius 3 is 2.73 bits per heavy atom. The Balaban J connectivity index is 2.15. The van der Waals surface area contributed by atoms with Crippen molar-refractivity contribution in [2.75, 3.05) is 7.11 Å². The van der Waals surface area contributed by atoms with E-state index in [1.807, 2.05) is 36.4 Å². The first-order valence-electron chi connectivity index (χ1n) is 7.33. The molecule has 1 aromatic carbocycles. The minimum atomic E-state index is -0.728. The van der Waals surface area contributed by atoms with Gasteiger partial charge in [-0.3, -0.25) is 5.21 Å². The van der Waals surface area contributed by atoms with Gasteiger partial charge in [-0.25, -0.2) is 4.79 Å². The second kappa shape index (κ2) is 6.40. The zero-order chi connectivity index (χ0) is 16.3. The molecule has 1 amide bonds. The van der Waals surface area contributed by atoms with E-state index in [1.165, 1.54) is 0 Å². The molecule has 1 aliphatic rings. The first-order valence-corrected chi connectivity index (χ1v) is 7.33. The lowest BCUT2D eigenvalue weighted by Crippen LogP contribution is -2.42. The summed E-state index contributed by atoms with van der Waals surface area (Å²) in [5, 5.41) is 10.9. The molecule has 0 aromatic heterocycles. The van der Waals surface area contributed by atoms with Crippen molar-refractivity contribution in [3.8, 4) is 5.75 Å². The van der Waals surface area contributed by atoms with Crippen LogP contribution in [-0.4, -0.2) is 35.1 Å². The molecule has 0 bridgehead atoms. The third-order valence-electron chi connectivity index (χ3n) is 3.51. The molecule has 22 heavy (non-hydrogen) atoms. The Labute approximate surface area is 131 Å². The highest BCUT2D eigenvalue weighted by Gasteiger charge is 2.34. The van der Waals surface area contributed by atoms with E-state index in [4.69, 9.17) is 9.47 Å². The molecule has 0 aliphatic heterocycles. The fourth-order valence-electron chi connectivity index (χ4n) is 2.52. The first kappa shape index (κ1) is 16.4. The molecule has 5 heteroatoms. The van der Waals surface area contributed by atoms with Crippen molar-refractivity contribution < 1.29 is 19.5 Å². The quantitative estimate of drug-likeness (QED) is 0.525. The van der Waals surface area contributed by atoms with Crippen LogP contribution in [-0.2, 0) is 4.74 Å². The summed E-state index contributed by atoms with van der Waals surface area (Å²) in [5.41, 5.74) is 0.343. The summed E-state index contributed by atoms with van der Waals surface area (Å²) in [7, 11) is 1.61. The Morgan fingerprint density at radius 1 is 1.36 bits per heavy atom. The number of carbonyl (C=O) groups excluding carboxylic acids is 1. The van der Waals surface area contributed by atoms with Crippen molar-refractivity contribution in [3.05, 3.63) is 42.0 Å². The zero-order valence-electron chi connectivity index (χ0n) is 13.4. The highest BCUT2D eigenvalue weighted by atomic mass is 16.6. The summed E-state index contributed by atoms with van der Waals surface area (Å²) < 4.78 is 10.5. The van der Waals surface area contributed by atoms with Crippen molar-refractivity contribution in [2.24, 2.45) is 0 Å². The predicted molar refractivity (Wildman–Crippen MR) is 83.1 cm³/mol. The van der Waals surface area contributed by atoms with Gasteiger partial charge in [-0.15, -0.1) is 0 Å². The third kappa shape index (κ3) is 3.80. The summed E-state index contributed by atoms with van der Waals surface area (Å²) in [5.74, 6) is 0.658. The third-order valence-corrected chi connectivity index (χ3v) is 3.51. The van der Waals surface area contributed by atoms with Gasteiger partial charge >= 0.3 is 6.09 Å². The van der Waals surface area contributed by atoms with Crippen LogP contribution in [0.3, 0.4) is 0 Å². The summed E-state index contributed by atoms with van der Waals surface area (Å²) >= 11 is 0. The van der Waals surface area contributed by atoms with Crippen molar-refractivity contribution in [3.63, 3.8) is 0 Å². The van der Waals surface area contributed by atoms with Gasteiger partial charge in [0.2, 0.25) is 0 Å². The Hall–Kier alpha value is -2.01. The molecule has 2 atom stereocenters. The van der Waals surface area contributed by atoms with E-state index in [0.717, 1.165) is 11.3 Å². The fourth-order valence-corrected chi connectivity index (χ4v) is 2.52. The number of rotatable bonds is 3. The molecular formula is C17H23NO4. The van der Waals surface area contributed by atoms with E-state index in [0.29, 0.717) is 11.5 Å². The van der Waals surface area contributed by atoms with Gasteiger partial charge in [0, 0.05) is 5.92 Å². The Morgan fingerprint density at radius 2 is 2.09 bits per heavy atom. The standard InChI is InChI=1S/C17H23NO4/c1-17(2,3)22-16(19)18(20)15-10-6-9-14(15)12-7-5-8-13(11-12)21-4/h5-9,11,14-15,20H,10H2,1-4H3/t14-,15-/m0/s1. The lowest BCUT2D eigenvalue weighted by Gasteiger charge is -2.30. The lowest BCUT2D eigenvalue weighted by molar-refractivity contribution is -0.120. The van der Waals surface area contributed by atoms with Crippen LogP contribution in [0.25, 0.3) is 0 Å². The average molecular weight is 305 g/mol. The summed E-state index contributed by atoms with van der Waals surface area (Å²) in [4.78, 5) is 12.0. The van der Waals surface area contributed by atoms with Gasteiger partial charge in [0.05, 0.1) is 13.2 Å². The maximum Gasteiger partial charge on any atom is 0.434 e. The van der Waals surface area contributed by atoms with E-state index in [1.54, 1.807) is 27.9 Å². The normalized spacial score (nSPS) is 20.8. The molecule has 0 saturated heterocycles. The molecular weight excluding hydrogens is 282 g/mol.